The second-order valence-electron chi connectivity index (χ2n) is 23.1. The van der Waals surface area contributed by atoms with Gasteiger partial charge >= 0.3 is 0 Å². The van der Waals surface area contributed by atoms with E-state index in [2.05, 4.69) is 21.3 Å². The van der Waals surface area contributed by atoms with Crippen LogP contribution in [0.2, 0.25) is 0 Å². The van der Waals surface area contributed by atoms with Crippen molar-refractivity contribution in [1.29, 1.82) is 0 Å². The first-order chi connectivity index (χ1) is 37.1. The lowest BCUT2D eigenvalue weighted by molar-refractivity contribution is -0.148. The fourth-order valence-corrected chi connectivity index (χ4v) is 11.3. The van der Waals surface area contributed by atoms with E-state index in [1.54, 1.807) is 18.9 Å². The monoisotopic (exact) mass is 1090 g/mol. The number of hydrogen-bond acceptors (Lipinski definition) is 12. The van der Waals surface area contributed by atoms with Crippen LogP contribution in [0.4, 0.5) is 0 Å². The van der Waals surface area contributed by atoms with Crippen LogP contribution in [-0.4, -0.2) is 211 Å². The molecule has 4 N–H and O–H groups in total. The summed E-state index contributed by atoms with van der Waals surface area (Å²) in [5.74, 6) is -5.26. The molecule has 4 saturated heterocycles. The lowest BCUT2D eigenvalue weighted by Gasteiger charge is -2.37. The normalized spacial score (nSPS) is 24.2. The zero-order valence-corrected chi connectivity index (χ0v) is 48.0. The summed E-state index contributed by atoms with van der Waals surface area (Å²) < 4.78 is 5.58. The maximum atomic E-state index is 15.1. The van der Waals surface area contributed by atoms with Gasteiger partial charge in [-0.25, -0.2) is 0 Å². The summed E-state index contributed by atoms with van der Waals surface area (Å²) in [5, 5.41) is 11.7. The van der Waals surface area contributed by atoms with E-state index in [0.717, 1.165) is 15.4 Å². The molecule has 0 aliphatic carbocycles. The molecule has 0 aromatic heterocycles. The number of carbonyl (C=O) groups is 10. The highest BCUT2D eigenvalue weighted by Crippen LogP contribution is 2.26. The molecule has 4 fully saturated rings. The molecule has 1 aromatic rings. The van der Waals surface area contributed by atoms with Crippen molar-refractivity contribution in [1.82, 2.24) is 50.7 Å². The Morgan fingerprint density at radius 3 is 2.06 bits per heavy atom. The minimum Gasteiger partial charge on any atom is -0.381 e. The molecule has 434 valence electrons. The quantitative estimate of drug-likeness (QED) is 0.137. The smallest absolute Gasteiger partial charge is 0.245 e. The molecule has 9 amide bonds. The molecule has 4 aliphatic rings. The van der Waals surface area contributed by atoms with Crippen LogP contribution in [0.5, 0.6) is 0 Å². The number of hydrogen-bond donors (Lipinski definition) is 4. The average molecular weight is 1090 g/mol. The van der Waals surface area contributed by atoms with Gasteiger partial charge in [-0.1, -0.05) is 71.9 Å². The molecule has 4 heterocycles. The summed E-state index contributed by atoms with van der Waals surface area (Å²) in [5.41, 5.74) is 0.962. The van der Waals surface area contributed by atoms with E-state index in [4.69, 9.17) is 4.74 Å². The van der Waals surface area contributed by atoms with Crippen LogP contribution < -0.4 is 21.3 Å². The Kier molecular flexibility index (Phi) is 24.1. The van der Waals surface area contributed by atoms with Crippen molar-refractivity contribution < 1.29 is 52.7 Å². The highest BCUT2D eigenvalue weighted by molar-refractivity contribution is 5.98. The van der Waals surface area contributed by atoms with Crippen molar-refractivity contribution in [3.05, 3.63) is 35.9 Å². The van der Waals surface area contributed by atoms with Crippen molar-refractivity contribution in [3.63, 3.8) is 0 Å². The molecule has 0 spiro atoms. The Morgan fingerprint density at radius 1 is 0.821 bits per heavy atom. The number of carbonyl (C=O) groups excluding carboxylic acids is 10. The average Bonchev–Trinajstić information content (AvgIpc) is 4.13. The van der Waals surface area contributed by atoms with E-state index in [9.17, 15) is 43.2 Å². The zero-order chi connectivity index (χ0) is 57.4. The van der Waals surface area contributed by atoms with E-state index in [1.807, 2.05) is 71.9 Å². The number of likely N-dealkylation sites (N-methyl/N-ethyl adjacent to an activating group) is 4. The van der Waals surface area contributed by atoms with Crippen molar-refractivity contribution >= 4 is 59.5 Å². The molecule has 21 heteroatoms. The first-order valence-electron chi connectivity index (χ1n) is 28.4. The predicted molar refractivity (Wildman–Crippen MR) is 293 cm³/mol. The number of nitrogens with one attached hydrogen (secondary N) is 4. The Hall–Kier alpha value is -5.96. The maximum absolute atomic E-state index is 15.1. The molecular weight excluding hydrogens is 1000 g/mol. The summed E-state index contributed by atoms with van der Waals surface area (Å²) in [6, 6.07) is 0.905. The van der Waals surface area contributed by atoms with Gasteiger partial charge in [-0.3, -0.25) is 43.2 Å². The molecule has 0 radical (unpaired) electrons. The zero-order valence-electron chi connectivity index (χ0n) is 48.0. The number of amides is 9. The summed E-state index contributed by atoms with van der Waals surface area (Å²) in [6.45, 7) is 14.2. The molecule has 0 bridgehead atoms. The van der Waals surface area contributed by atoms with E-state index >= 15 is 4.79 Å². The molecule has 4 aliphatic heterocycles. The Bertz CT molecular complexity index is 2240. The van der Waals surface area contributed by atoms with Gasteiger partial charge < -0.3 is 60.2 Å². The van der Waals surface area contributed by atoms with Gasteiger partial charge in [0.25, 0.3) is 0 Å². The number of nitrogens with zero attached hydrogens (tertiary/aromatic N) is 6. The van der Waals surface area contributed by atoms with Crippen LogP contribution in [0.15, 0.2) is 30.3 Å². The minimum atomic E-state index is -1.50. The largest absolute Gasteiger partial charge is 0.381 e. The Labute approximate surface area is 462 Å². The summed E-state index contributed by atoms with van der Waals surface area (Å²) in [6.07, 6.45) is 4.14. The molecule has 1 aromatic carbocycles. The maximum Gasteiger partial charge on any atom is 0.245 e. The van der Waals surface area contributed by atoms with Gasteiger partial charge in [0.1, 0.15) is 42.5 Å². The van der Waals surface area contributed by atoms with Gasteiger partial charge in [0.15, 0.2) is 0 Å². The van der Waals surface area contributed by atoms with Crippen LogP contribution in [0, 0.1) is 23.7 Å². The molecule has 0 saturated carbocycles. The Morgan fingerprint density at radius 2 is 1.46 bits per heavy atom. The second-order valence-corrected chi connectivity index (χ2v) is 23.1. The number of likely N-dealkylation sites (tertiary alicyclic amines) is 1. The lowest BCUT2D eigenvalue weighted by atomic mass is 9.97. The molecule has 1 unspecified atom stereocenters. The van der Waals surface area contributed by atoms with Crippen molar-refractivity contribution in [2.24, 2.45) is 23.7 Å². The fraction of sp³-hybridized carbons (Fsp3) is 0.719. The third kappa shape index (κ3) is 17.0. The van der Waals surface area contributed by atoms with Crippen LogP contribution >= 0.6 is 0 Å². The van der Waals surface area contributed by atoms with E-state index in [1.165, 1.54) is 28.8 Å². The summed E-state index contributed by atoms with van der Waals surface area (Å²) >= 11 is 0. The third-order valence-corrected chi connectivity index (χ3v) is 15.7. The van der Waals surface area contributed by atoms with Gasteiger partial charge in [0.05, 0.1) is 25.2 Å². The second kappa shape index (κ2) is 29.9. The number of aldehydes is 1. The molecule has 78 heavy (non-hydrogen) atoms. The SMILES string of the molecule is CCN(CC(=O)N[C@@H](CC(C)C)C(=O)N(C)C1C[C@@H](C=O)N(C)C(=O)[C@H](CC(C)C)NC(=O)CN(CC2CCOCC2)C(=O)[C@H]2CCCN2C(=O)[C@H](CC(C)C)NC1=O)C(=O)[C@H]1CCCN1C(=O)[C@H](Cc1ccccc1)NC. The van der Waals surface area contributed by atoms with Crippen molar-refractivity contribution in [3.8, 4) is 0 Å². The molecule has 21 nitrogen and oxygen atoms in total. The highest BCUT2D eigenvalue weighted by atomic mass is 16.5. The fourth-order valence-electron chi connectivity index (χ4n) is 11.3. The molecule has 5 rings (SSSR count). The van der Waals surface area contributed by atoms with Crippen molar-refractivity contribution in [2.75, 3.05) is 73.6 Å². The number of ether oxygens (including phenoxy) is 1. The van der Waals surface area contributed by atoms with Gasteiger partial charge in [0, 0.05) is 59.9 Å². The van der Waals surface area contributed by atoms with E-state index in [-0.39, 0.29) is 75.0 Å². The van der Waals surface area contributed by atoms with Crippen LogP contribution in [0.3, 0.4) is 0 Å². The van der Waals surface area contributed by atoms with E-state index in [0.29, 0.717) is 71.0 Å². The number of rotatable bonds is 20. The Balaban J connectivity index is 1.45. The van der Waals surface area contributed by atoms with E-state index < -0.39 is 109 Å². The lowest BCUT2D eigenvalue weighted by Crippen LogP contribution is -2.60. The predicted octanol–water partition coefficient (Wildman–Crippen LogP) is 1.75. The third-order valence-electron chi connectivity index (χ3n) is 15.7. The number of fused-ring (bicyclic) bond motifs is 1. The van der Waals surface area contributed by atoms with Crippen LogP contribution in [-0.2, 0) is 59.1 Å². The number of benzene rings is 1. The summed E-state index contributed by atoms with van der Waals surface area (Å²) in [7, 11) is 4.46. The molecular formula is C57H90N10O11. The molecule has 8 atom stereocenters. The van der Waals surface area contributed by atoms with Gasteiger partial charge in [-0.05, 0) is 107 Å². The minimum absolute atomic E-state index is 0.0323. The summed E-state index contributed by atoms with van der Waals surface area (Å²) in [4.78, 5) is 152. The van der Waals surface area contributed by atoms with Crippen LogP contribution in [0.1, 0.15) is 118 Å². The topological polar surface area (TPSA) is 247 Å². The standard InChI is InChI=1S/C57H90N10O11/c1-11-64(56(76)46-19-15-23-66(46)54(74)42(58-8)30-39-17-13-12-14-18-39)33-49(69)60-44(28-37(4)5)53(73)63(10)48-31-41(35-68)62(9)52(72)43(27-36(2)3)59-50(70)34-65(32-40-21-25-78-26-22-40)57(77)47-20-16-24-67(47)55(75)45(29-38(6)7)61-51(48)71/h12-14,17-18,35-38,40-48,58H,11,15-16,19-34H2,1-10H3,(H,59,70)(H,60,69)(H,61,71)/t41-,42-,43-,44-,45-,46+,47+,48?/m0/s1. The van der Waals surface area contributed by atoms with Crippen LogP contribution in [0.25, 0.3) is 0 Å². The van der Waals surface area contributed by atoms with Gasteiger partial charge in [-0.2, -0.15) is 0 Å². The van der Waals surface area contributed by atoms with Crippen molar-refractivity contribution in [2.45, 2.75) is 167 Å². The highest BCUT2D eigenvalue weighted by Gasteiger charge is 2.44. The first-order valence-corrected chi connectivity index (χ1v) is 28.4. The van der Waals surface area contributed by atoms with Gasteiger partial charge in [0.2, 0.25) is 53.2 Å². The van der Waals surface area contributed by atoms with Gasteiger partial charge in [-0.15, -0.1) is 0 Å². The first kappa shape index (κ1) is 62.9.